The highest BCUT2D eigenvalue weighted by atomic mass is 16.7. The Morgan fingerprint density at radius 2 is 1.84 bits per heavy atom. The van der Waals surface area contributed by atoms with Gasteiger partial charge in [-0.2, -0.15) is 0 Å². The number of ether oxygens (including phenoxy) is 2. The summed E-state index contributed by atoms with van der Waals surface area (Å²) < 4.78 is 11.5. The van der Waals surface area contributed by atoms with E-state index in [1.807, 2.05) is 90.1 Å². The lowest BCUT2D eigenvalue weighted by atomic mass is 10.0. The van der Waals surface area contributed by atoms with Crippen LogP contribution in [0, 0.1) is 0 Å². The molecular formula is C25H34N2O4. The van der Waals surface area contributed by atoms with Gasteiger partial charge in [0.1, 0.15) is 5.75 Å². The summed E-state index contributed by atoms with van der Waals surface area (Å²) in [6.45, 7) is 12.2. The Bertz CT molecular complexity index is 905. The standard InChI is InChI=1S/C25H34N2O4/c1-17(18-10-8-7-9-11-18)26-23(29)27(24(2,3)4)15-21(28)19-12-13-22-20(14-19)16-30-25(5,6)31-22/h7-14,17,21,28H,15-16H2,1-6H3,(H,26,29)/t17-,21+/m1/s1. The van der Waals surface area contributed by atoms with Gasteiger partial charge in [-0.1, -0.05) is 36.4 Å². The zero-order chi connectivity index (χ0) is 22.8. The molecule has 0 radical (unpaired) electrons. The number of benzene rings is 2. The molecule has 2 N–H and O–H groups in total. The molecule has 168 valence electrons. The van der Waals surface area contributed by atoms with Gasteiger partial charge in [0, 0.05) is 24.9 Å². The molecule has 0 saturated carbocycles. The van der Waals surface area contributed by atoms with E-state index in [1.165, 1.54) is 0 Å². The van der Waals surface area contributed by atoms with Gasteiger partial charge < -0.3 is 24.8 Å². The first-order valence-electron chi connectivity index (χ1n) is 10.7. The van der Waals surface area contributed by atoms with Gasteiger partial charge in [0.2, 0.25) is 5.79 Å². The van der Waals surface area contributed by atoms with Crippen LogP contribution in [-0.4, -0.2) is 33.9 Å². The fourth-order valence-corrected chi connectivity index (χ4v) is 3.59. The van der Waals surface area contributed by atoms with Gasteiger partial charge in [0.25, 0.3) is 0 Å². The van der Waals surface area contributed by atoms with Crippen molar-refractivity contribution in [2.24, 2.45) is 0 Å². The molecule has 0 unspecified atom stereocenters. The first kappa shape index (κ1) is 23.1. The van der Waals surface area contributed by atoms with Crippen LogP contribution < -0.4 is 10.1 Å². The molecule has 6 nitrogen and oxygen atoms in total. The highest BCUT2D eigenvalue weighted by Gasteiger charge is 2.31. The lowest BCUT2D eigenvalue weighted by Crippen LogP contribution is -2.52. The Morgan fingerprint density at radius 3 is 2.48 bits per heavy atom. The van der Waals surface area contributed by atoms with Crippen molar-refractivity contribution < 1.29 is 19.4 Å². The van der Waals surface area contributed by atoms with Crippen molar-refractivity contribution in [1.29, 1.82) is 0 Å². The summed E-state index contributed by atoms with van der Waals surface area (Å²) in [5.41, 5.74) is 2.18. The number of carbonyl (C=O) groups is 1. The Hall–Kier alpha value is -2.57. The van der Waals surface area contributed by atoms with E-state index in [0.29, 0.717) is 6.61 Å². The summed E-state index contributed by atoms with van der Waals surface area (Å²) in [4.78, 5) is 14.8. The smallest absolute Gasteiger partial charge is 0.318 e. The number of aliphatic hydroxyl groups is 1. The fourth-order valence-electron chi connectivity index (χ4n) is 3.59. The second-order valence-corrected chi connectivity index (χ2v) is 9.54. The quantitative estimate of drug-likeness (QED) is 0.711. The van der Waals surface area contributed by atoms with Crippen molar-refractivity contribution in [3.63, 3.8) is 0 Å². The van der Waals surface area contributed by atoms with Crippen LogP contribution in [0.15, 0.2) is 48.5 Å². The van der Waals surface area contributed by atoms with E-state index >= 15 is 0 Å². The van der Waals surface area contributed by atoms with Gasteiger partial charge in [0.05, 0.1) is 25.3 Å². The van der Waals surface area contributed by atoms with E-state index in [9.17, 15) is 9.90 Å². The third-order valence-corrected chi connectivity index (χ3v) is 5.45. The third-order valence-electron chi connectivity index (χ3n) is 5.45. The van der Waals surface area contributed by atoms with E-state index in [1.54, 1.807) is 4.90 Å². The SMILES string of the molecule is C[C@@H](NC(=O)N(C[C@H](O)c1ccc2c(c1)COC(C)(C)O2)C(C)(C)C)c1ccccc1. The van der Waals surface area contributed by atoms with Gasteiger partial charge in [0.15, 0.2) is 0 Å². The Balaban J connectivity index is 1.73. The maximum atomic E-state index is 13.1. The number of urea groups is 1. The summed E-state index contributed by atoms with van der Waals surface area (Å²) >= 11 is 0. The average molecular weight is 427 g/mol. The predicted molar refractivity (Wildman–Crippen MR) is 121 cm³/mol. The molecule has 0 fully saturated rings. The number of aliphatic hydroxyl groups excluding tert-OH is 1. The summed E-state index contributed by atoms with van der Waals surface area (Å²) in [5.74, 6) is 0.0956. The number of fused-ring (bicyclic) bond motifs is 1. The molecule has 0 saturated heterocycles. The van der Waals surface area contributed by atoms with Crippen LogP contribution in [0.25, 0.3) is 0 Å². The number of carbonyl (C=O) groups excluding carboxylic acids is 1. The van der Waals surface area contributed by atoms with Crippen molar-refractivity contribution in [1.82, 2.24) is 10.2 Å². The zero-order valence-corrected chi connectivity index (χ0v) is 19.3. The number of β-amino-alcohol motifs (C(OH)–C–C–N with tert-alkyl or cyclic N) is 1. The maximum Gasteiger partial charge on any atom is 0.318 e. The predicted octanol–water partition coefficient (Wildman–Crippen LogP) is 4.94. The molecule has 1 heterocycles. The van der Waals surface area contributed by atoms with Crippen LogP contribution in [0.3, 0.4) is 0 Å². The van der Waals surface area contributed by atoms with Gasteiger partial charge in [-0.3, -0.25) is 0 Å². The minimum atomic E-state index is -0.836. The molecule has 2 aromatic rings. The average Bonchev–Trinajstić information content (AvgIpc) is 2.70. The van der Waals surface area contributed by atoms with E-state index in [2.05, 4.69) is 5.32 Å². The lowest BCUT2D eigenvalue weighted by molar-refractivity contribution is -0.180. The summed E-state index contributed by atoms with van der Waals surface area (Å²) in [6, 6.07) is 15.1. The molecule has 2 amide bonds. The molecule has 0 aromatic heterocycles. The number of amides is 2. The van der Waals surface area contributed by atoms with E-state index in [4.69, 9.17) is 9.47 Å². The molecule has 2 atom stereocenters. The zero-order valence-electron chi connectivity index (χ0n) is 19.3. The molecule has 2 aromatic carbocycles. The molecule has 1 aliphatic rings. The third kappa shape index (κ3) is 5.77. The summed E-state index contributed by atoms with van der Waals surface area (Å²) in [5, 5.41) is 14.0. The largest absolute Gasteiger partial charge is 0.463 e. The molecule has 3 rings (SSSR count). The highest BCUT2D eigenvalue weighted by Crippen LogP contribution is 2.33. The van der Waals surface area contributed by atoms with Crippen molar-refractivity contribution >= 4 is 6.03 Å². The number of hydrogen-bond donors (Lipinski definition) is 2. The van der Waals surface area contributed by atoms with Crippen LogP contribution >= 0.6 is 0 Å². The highest BCUT2D eigenvalue weighted by molar-refractivity contribution is 5.75. The van der Waals surface area contributed by atoms with Crippen LogP contribution in [0.1, 0.15) is 70.4 Å². The monoisotopic (exact) mass is 426 g/mol. The van der Waals surface area contributed by atoms with Crippen LogP contribution in [0.2, 0.25) is 0 Å². The maximum absolute atomic E-state index is 13.1. The molecule has 1 aliphatic heterocycles. The van der Waals surface area contributed by atoms with Crippen LogP contribution in [0.5, 0.6) is 5.75 Å². The first-order chi connectivity index (χ1) is 14.5. The molecular weight excluding hydrogens is 392 g/mol. The minimum Gasteiger partial charge on any atom is -0.463 e. The Morgan fingerprint density at radius 1 is 1.16 bits per heavy atom. The topological polar surface area (TPSA) is 71.0 Å². The van der Waals surface area contributed by atoms with E-state index in [0.717, 1.165) is 22.4 Å². The van der Waals surface area contributed by atoms with Gasteiger partial charge >= 0.3 is 6.03 Å². The van der Waals surface area contributed by atoms with E-state index in [-0.39, 0.29) is 18.6 Å². The molecule has 6 heteroatoms. The summed E-state index contributed by atoms with van der Waals surface area (Å²) in [7, 11) is 0. The molecule has 0 bridgehead atoms. The second-order valence-electron chi connectivity index (χ2n) is 9.54. The normalized spacial score (nSPS) is 17.1. The van der Waals surface area contributed by atoms with Gasteiger partial charge in [-0.25, -0.2) is 4.79 Å². The minimum absolute atomic E-state index is 0.142. The Labute approximate surface area is 185 Å². The van der Waals surface area contributed by atoms with Crippen LogP contribution in [-0.2, 0) is 11.3 Å². The molecule has 0 spiro atoms. The summed E-state index contributed by atoms with van der Waals surface area (Å²) in [6.07, 6.45) is -0.836. The molecule has 0 aliphatic carbocycles. The van der Waals surface area contributed by atoms with Crippen molar-refractivity contribution in [3.05, 3.63) is 65.2 Å². The number of rotatable bonds is 5. The van der Waals surface area contributed by atoms with Crippen LogP contribution in [0.4, 0.5) is 4.79 Å². The van der Waals surface area contributed by atoms with Gasteiger partial charge in [-0.05, 0) is 51.0 Å². The van der Waals surface area contributed by atoms with E-state index < -0.39 is 17.4 Å². The lowest BCUT2D eigenvalue weighted by Gasteiger charge is -2.38. The first-order valence-corrected chi connectivity index (χ1v) is 10.7. The van der Waals surface area contributed by atoms with Crippen molar-refractivity contribution in [2.45, 2.75) is 71.6 Å². The number of hydrogen-bond acceptors (Lipinski definition) is 4. The van der Waals surface area contributed by atoms with Gasteiger partial charge in [-0.15, -0.1) is 0 Å². The fraction of sp³-hybridized carbons (Fsp3) is 0.480. The Kier molecular flexibility index (Phi) is 6.62. The number of nitrogens with one attached hydrogen (secondary N) is 1. The second kappa shape index (κ2) is 8.89. The van der Waals surface area contributed by atoms with Crippen molar-refractivity contribution in [3.8, 4) is 5.75 Å². The number of nitrogens with zero attached hydrogens (tertiary/aromatic N) is 1. The molecule has 31 heavy (non-hydrogen) atoms. The van der Waals surface area contributed by atoms with Crippen molar-refractivity contribution in [2.75, 3.05) is 6.54 Å².